The van der Waals surface area contributed by atoms with E-state index in [-0.39, 0.29) is 5.96 Å². The fourth-order valence-electron chi connectivity index (χ4n) is 0.830. The molecule has 0 radical (unpaired) electrons. The molecule has 1 aromatic carbocycles. The summed E-state index contributed by atoms with van der Waals surface area (Å²) in [4.78, 5) is 0. The zero-order valence-electron chi connectivity index (χ0n) is 7.48. The first-order valence-electron chi connectivity index (χ1n) is 3.84. The van der Waals surface area contributed by atoms with Crippen molar-refractivity contribution in [2.75, 3.05) is 0 Å². The van der Waals surface area contributed by atoms with Crippen molar-refractivity contribution in [2.45, 2.75) is 0 Å². The predicted octanol–water partition coefficient (Wildman–Crippen LogP) is 1.62. The van der Waals surface area contributed by atoms with Crippen LogP contribution < -0.4 is 11.2 Å². The molecular weight excluding hydrogens is 239 g/mol. The van der Waals surface area contributed by atoms with Crippen molar-refractivity contribution in [1.29, 1.82) is 0 Å². The van der Waals surface area contributed by atoms with Gasteiger partial charge < -0.3 is 5.73 Å². The van der Waals surface area contributed by atoms with Gasteiger partial charge in [-0.3, -0.25) is 5.21 Å². The zero-order valence-corrected chi connectivity index (χ0v) is 9.00. The summed E-state index contributed by atoms with van der Waals surface area (Å²) in [5, 5.41) is 16.3. The van der Waals surface area contributed by atoms with Gasteiger partial charge in [0, 0.05) is 10.0 Å². The van der Waals surface area contributed by atoms with E-state index >= 15 is 0 Å². The van der Waals surface area contributed by atoms with E-state index in [9.17, 15) is 0 Å². The third-order valence-electron chi connectivity index (χ3n) is 1.37. The second-order valence-corrected chi connectivity index (χ2v) is 3.42. The molecule has 0 bridgehead atoms. The summed E-state index contributed by atoms with van der Waals surface area (Å²) in [6, 6.07) is 4.93. The van der Waals surface area contributed by atoms with E-state index in [4.69, 9.17) is 34.1 Å². The van der Waals surface area contributed by atoms with Crippen LogP contribution in [0.4, 0.5) is 0 Å². The van der Waals surface area contributed by atoms with Crippen LogP contribution in [0.15, 0.2) is 28.4 Å². The third kappa shape index (κ3) is 4.16. The Morgan fingerprint density at radius 3 is 2.47 bits per heavy atom. The molecule has 0 unspecified atom stereocenters. The number of guanidine groups is 1. The van der Waals surface area contributed by atoms with Crippen LogP contribution in [-0.4, -0.2) is 17.4 Å². The van der Waals surface area contributed by atoms with Crippen LogP contribution in [0.5, 0.6) is 0 Å². The quantitative estimate of drug-likeness (QED) is 0.422. The molecule has 0 fully saturated rings. The highest BCUT2D eigenvalue weighted by atomic mass is 35.5. The number of hydrogen-bond acceptors (Lipinski definition) is 3. The third-order valence-corrected chi connectivity index (χ3v) is 1.81. The van der Waals surface area contributed by atoms with Gasteiger partial charge in [-0.1, -0.05) is 23.2 Å². The van der Waals surface area contributed by atoms with Gasteiger partial charge in [-0.15, -0.1) is 5.10 Å². The summed E-state index contributed by atoms with van der Waals surface area (Å²) in [6.45, 7) is 0. The van der Waals surface area contributed by atoms with Gasteiger partial charge in [-0.25, -0.2) is 5.48 Å². The monoisotopic (exact) mass is 246 g/mol. The minimum Gasteiger partial charge on any atom is -0.367 e. The second-order valence-electron chi connectivity index (χ2n) is 2.54. The Hall–Kier alpha value is -1.30. The molecule has 1 aromatic rings. The molecule has 0 saturated carbocycles. The van der Waals surface area contributed by atoms with Gasteiger partial charge in [0.05, 0.1) is 6.21 Å². The maximum Gasteiger partial charge on any atom is 0.237 e. The number of hydrogen-bond donors (Lipinski definition) is 3. The van der Waals surface area contributed by atoms with E-state index in [0.29, 0.717) is 15.6 Å². The van der Waals surface area contributed by atoms with Crippen molar-refractivity contribution in [2.24, 2.45) is 15.9 Å². The maximum atomic E-state index is 8.30. The van der Waals surface area contributed by atoms with Gasteiger partial charge >= 0.3 is 0 Å². The second kappa shape index (κ2) is 5.55. The molecule has 0 aromatic heterocycles. The number of halogens is 2. The average molecular weight is 247 g/mol. The Balaban J connectivity index is 2.81. The molecule has 80 valence electrons. The lowest BCUT2D eigenvalue weighted by Gasteiger charge is -1.95. The molecule has 1 rings (SSSR count). The van der Waals surface area contributed by atoms with Crippen LogP contribution in [-0.2, 0) is 0 Å². The summed E-state index contributed by atoms with van der Waals surface area (Å²) in [5.41, 5.74) is 7.44. The largest absolute Gasteiger partial charge is 0.367 e. The fourth-order valence-corrected chi connectivity index (χ4v) is 1.37. The van der Waals surface area contributed by atoms with Gasteiger partial charge in [-0.05, 0) is 23.8 Å². The molecule has 0 aliphatic rings. The highest BCUT2D eigenvalue weighted by molar-refractivity contribution is 6.35. The van der Waals surface area contributed by atoms with Crippen LogP contribution in [0, 0.1) is 0 Å². The molecule has 15 heavy (non-hydrogen) atoms. The Bertz CT molecular complexity index is 385. The molecule has 0 spiro atoms. The summed E-state index contributed by atoms with van der Waals surface area (Å²) >= 11 is 11.5. The number of nitrogens with zero attached hydrogens (tertiary/aromatic N) is 2. The van der Waals surface area contributed by atoms with E-state index < -0.39 is 0 Å². The Labute approximate surface area is 96.2 Å². The van der Waals surface area contributed by atoms with Crippen molar-refractivity contribution in [3.63, 3.8) is 0 Å². The zero-order chi connectivity index (χ0) is 11.3. The predicted molar refractivity (Wildman–Crippen MR) is 60.6 cm³/mol. The highest BCUT2D eigenvalue weighted by Crippen LogP contribution is 2.17. The SMILES string of the molecule is NC(=N/N=C/c1cc(Cl)cc(Cl)c1)NO. The van der Waals surface area contributed by atoms with Crippen molar-refractivity contribution < 1.29 is 5.21 Å². The normalized spacial score (nSPS) is 12.1. The highest BCUT2D eigenvalue weighted by Gasteiger charge is 1.95. The average Bonchev–Trinajstić information content (AvgIpc) is 2.16. The molecule has 5 nitrogen and oxygen atoms in total. The molecule has 0 aliphatic heterocycles. The summed E-state index contributed by atoms with van der Waals surface area (Å²) in [5.74, 6) is -0.209. The smallest absolute Gasteiger partial charge is 0.237 e. The van der Waals surface area contributed by atoms with Gasteiger partial charge in [0.1, 0.15) is 0 Å². The summed E-state index contributed by atoms with van der Waals surface area (Å²) in [6.07, 6.45) is 1.40. The van der Waals surface area contributed by atoms with Crippen LogP contribution in [0.1, 0.15) is 5.56 Å². The topological polar surface area (TPSA) is 83.0 Å². The van der Waals surface area contributed by atoms with E-state index in [0.717, 1.165) is 0 Å². The number of hydroxylamine groups is 1. The Morgan fingerprint density at radius 2 is 1.93 bits per heavy atom. The van der Waals surface area contributed by atoms with Crippen molar-refractivity contribution >= 4 is 35.4 Å². The number of rotatable bonds is 2. The van der Waals surface area contributed by atoms with Gasteiger partial charge in [0.25, 0.3) is 0 Å². The molecule has 0 aliphatic carbocycles. The molecule has 4 N–H and O–H groups in total. The van der Waals surface area contributed by atoms with E-state index in [1.807, 2.05) is 0 Å². The Kier molecular flexibility index (Phi) is 4.36. The summed E-state index contributed by atoms with van der Waals surface area (Å²) < 4.78 is 0. The standard InChI is InChI=1S/C8H8Cl2N4O/c9-6-1-5(2-7(10)3-6)4-12-13-8(11)14-15/h1-4,15H,(H3,11,13,14)/b12-4+. The first-order chi connectivity index (χ1) is 7.11. The van der Waals surface area contributed by atoms with Crippen LogP contribution in [0.25, 0.3) is 0 Å². The first-order valence-corrected chi connectivity index (χ1v) is 4.60. The lowest BCUT2D eigenvalue weighted by Crippen LogP contribution is -2.27. The number of benzene rings is 1. The van der Waals surface area contributed by atoms with Crippen LogP contribution in [0.2, 0.25) is 10.0 Å². The van der Waals surface area contributed by atoms with Crippen molar-refractivity contribution in [3.8, 4) is 0 Å². The molecule has 7 heteroatoms. The van der Waals surface area contributed by atoms with E-state index in [1.165, 1.54) is 6.21 Å². The van der Waals surface area contributed by atoms with E-state index in [1.54, 1.807) is 23.7 Å². The molecule has 0 heterocycles. The minimum absolute atomic E-state index is 0.209. The van der Waals surface area contributed by atoms with Crippen LogP contribution in [0.3, 0.4) is 0 Å². The molecular formula is C8H8Cl2N4O. The fraction of sp³-hybridized carbons (Fsp3) is 0. The van der Waals surface area contributed by atoms with Crippen molar-refractivity contribution in [1.82, 2.24) is 5.48 Å². The molecule has 0 saturated heterocycles. The number of nitrogens with two attached hydrogens (primary N) is 1. The molecule has 0 atom stereocenters. The summed E-state index contributed by atoms with van der Waals surface area (Å²) in [7, 11) is 0. The van der Waals surface area contributed by atoms with E-state index in [2.05, 4.69) is 10.2 Å². The maximum absolute atomic E-state index is 8.30. The molecule has 0 amide bonds. The van der Waals surface area contributed by atoms with Crippen molar-refractivity contribution in [3.05, 3.63) is 33.8 Å². The minimum atomic E-state index is -0.209. The Morgan fingerprint density at radius 1 is 1.33 bits per heavy atom. The van der Waals surface area contributed by atoms with Crippen LogP contribution >= 0.6 is 23.2 Å². The first kappa shape index (κ1) is 11.8. The lowest BCUT2D eigenvalue weighted by atomic mass is 10.2. The lowest BCUT2D eigenvalue weighted by molar-refractivity contribution is 0.232. The number of nitrogens with one attached hydrogen (secondary N) is 1. The van der Waals surface area contributed by atoms with Gasteiger partial charge in [0.15, 0.2) is 0 Å². The van der Waals surface area contributed by atoms with Gasteiger partial charge in [0.2, 0.25) is 5.96 Å². The van der Waals surface area contributed by atoms with Gasteiger partial charge in [-0.2, -0.15) is 5.10 Å².